The summed E-state index contributed by atoms with van der Waals surface area (Å²) in [7, 11) is 0. The summed E-state index contributed by atoms with van der Waals surface area (Å²) in [4.78, 5) is 46.1. The van der Waals surface area contributed by atoms with E-state index in [0.717, 1.165) is 29.2 Å². The number of nitrogens with one attached hydrogen (secondary N) is 3. The van der Waals surface area contributed by atoms with Crippen LogP contribution in [0, 0.1) is 0 Å². The molecule has 0 radical (unpaired) electrons. The van der Waals surface area contributed by atoms with Crippen molar-refractivity contribution < 1.29 is 28.7 Å². The van der Waals surface area contributed by atoms with E-state index in [0.29, 0.717) is 44.9 Å². The van der Waals surface area contributed by atoms with Gasteiger partial charge in [-0.1, -0.05) is 13.3 Å². The highest BCUT2D eigenvalue weighted by molar-refractivity contribution is 9.12. The van der Waals surface area contributed by atoms with Crippen molar-refractivity contribution in [2.45, 2.75) is 38.3 Å². The van der Waals surface area contributed by atoms with Gasteiger partial charge in [0, 0.05) is 30.5 Å². The number of rotatable bonds is 12. The molecule has 180 valence electrons. The lowest BCUT2D eigenvalue weighted by Crippen LogP contribution is -2.34. The van der Waals surface area contributed by atoms with Crippen molar-refractivity contribution in [2.24, 2.45) is 0 Å². The number of carbonyl (C=O) groups is 4. The van der Waals surface area contributed by atoms with E-state index in [1.54, 1.807) is 0 Å². The molecule has 3 rings (SSSR count). The summed E-state index contributed by atoms with van der Waals surface area (Å²) in [6, 6.07) is 0.815. The van der Waals surface area contributed by atoms with E-state index in [9.17, 15) is 19.2 Å². The Bertz CT molecular complexity index is 694. The molecule has 0 aromatic rings. The van der Waals surface area contributed by atoms with Crippen LogP contribution in [-0.2, 0) is 23.9 Å². The molecule has 2 atom stereocenters. The Labute approximate surface area is 200 Å². The first kappa shape index (κ1) is 26.6. The first-order valence-electron chi connectivity index (χ1n) is 10.7. The van der Waals surface area contributed by atoms with Gasteiger partial charge in [-0.15, -0.1) is 0 Å². The Morgan fingerprint density at radius 2 is 1.81 bits per heavy atom. The van der Waals surface area contributed by atoms with Crippen molar-refractivity contribution >= 4 is 51.4 Å². The maximum atomic E-state index is 11.5. The van der Waals surface area contributed by atoms with Gasteiger partial charge in [0.2, 0.25) is 5.91 Å². The lowest BCUT2D eigenvalue weighted by Gasteiger charge is -2.14. The number of ether oxygens (including phenoxy) is 2. The average molecular weight is 535 g/mol. The number of fused-ring (bicyclic) bond motifs is 1. The monoisotopic (exact) mass is 534 g/mol. The fourth-order valence-electron chi connectivity index (χ4n) is 3.07. The summed E-state index contributed by atoms with van der Waals surface area (Å²) < 4.78 is 10.9. The summed E-state index contributed by atoms with van der Waals surface area (Å²) in [6.45, 7) is 4.21. The largest absolute Gasteiger partial charge is 0.377 e. The summed E-state index contributed by atoms with van der Waals surface area (Å²) in [6.07, 6.45) is 3.70. The molecule has 32 heavy (non-hydrogen) atoms. The molecule has 3 N–H and O–H groups in total. The first-order valence-corrected chi connectivity index (χ1v) is 12.7. The van der Waals surface area contributed by atoms with Crippen LogP contribution in [0.25, 0.3) is 0 Å². The lowest BCUT2D eigenvalue weighted by atomic mass is 10.2. The summed E-state index contributed by atoms with van der Waals surface area (Å²) in [5, 5.41) is 8.46. The molecule has 0 aromatic heterocycles. The molecule has 0 aliphatic carbocycles. The van der Waals surface area contributed by atoms with E-state index in [1.165, 1.54) is 6.08 Å². The zero-order chi connectivity index (χ0) is 23.3. The molecular weight excluding hydrogens is 504 g/mol. The van der Waals surface area contributed by atoms with E-state index in [1.807, 2.05) is 18.7 Å². The minimum absolute atomic E-state index is 0.00491. The quantitative estimate of drug-likeness (QED) is 0.191. The maximum Gasteiger partial charge on any atom is 0.315 e. The highest BCUT2D eigenvalue weighted by Gasteiger charge is 2.35. The van der Waals surface area contributed by atoms with Crippen LogP contribution < -0.4 is 16.0 Å². The smallest absolute Gasteiger partial charge is 0.315 e. The fraction of sp³-hybridized carbons (Fsp3) is 0.700. The fourth-order valence-corrected chi connectivity index (χ4v) is 4.76. The predicted octanol–water partition coefficient (Wildman–Crippen LogP) is 0.757. The third-order valence-electron chi connectivity index (χ3n) is 4.84. The first-order chi connectivity index (χ1) is 15.4. The second-order valence-corrected chi connectivity index (χ2v) is 9.26. The number of imide groups is 1. The van der Waals surface area contributed by atoms with Crippen LogP contribution in [0.1, 0.15) is 26.2 Å². The molecule has 5 amide bonds. The SMILES string of the molecule is CCCCC(=O)NCCOCCOCCN1C(=O)C=C(Br)C1=O.O=C1N[C@H]2CSC[C@H]2N1. The van der Waals surface area contributed by atoms with Gasteiger partial charge in [0.05, 0.1) is 49.5 Å². The Kier molecular flexibility index (Phi) is 12.1. The number of hydrogen-bond acceptors (Lipinski definition) is 7. The average Bonchev–Trinajstić information content (AvgIpc) is 3.40. The van der Waals surface area contributed by atoms with Crippen LogP contribution in [0.15, 0.2) is 10.6 Å². The second-order valence-electron chi connectivity index (χ2n) is 7.33. The van der Waals surface area contributed by atoms with Gasteiger partial charge in [-0.2, -0.15) is 11.8 Å². The molecular formula is C20H31BrN4O6S. The molecule has 12 heteroatoms. The number of unbranched alkanes of at least 4 members (excludes halogenated alkanes) is 1. The molecule has 2 fully saturated rings. The molecule has 0 unspecified atom stereocenters. The Morgan fingerprint density at radius 3 is 2.41 bits per heavy atom. The number of thioether (sulfide) groups is 1. The van der Waals surface area contributed by atoms with Gasteiger partial charge in [-0.05, 0) is 22.4 Å². The minimum atomic E-state index is -0.339. The van der Waals surface area contributed by atoms with Crippen molar-refractivity contribution in [2.75, 3.05) is 51.0 Å². The van der Waals surface area contributed by atoms with E-state index < -0.39 is 0 Å². The van der Waals surface area contributed by atoms with Gasteiger partial charge >= 0.3 is 6.03 Å². The van der Waals surface area contributed by atoms with Crippen molar-refractivity contribution in [3.63, 3.8) is 0 Å². The molecule has 0 saturated carbocycles. The number of nitrogens with zero attached hydrogens (tertiary/aromatic N) is 1. The van der Waals surface area contributed by atoms with Crippen LogP contribution in [0.5, 0.6) is 0 Å². The molecule has 0 spiro atoms. The minimum Gasteiger partial charge on any atom is -0.377 e. The summed E-state index contributed by atoms with van der Waals surface area (Å²) in [5.41, 5.74) is 0. The Balaban J connectivity index is 0.000000329. The van der Waals surface area contributed by atoms with Gasteiger partial charge in [-0.3, -0.25) is 19.3 Å². The Morgan fingerprint density at radius 1 is 1.16 bits per heavy atom. The van der Waals surface area contributed by atoms with Crippen molar-refractivity contribution in [1.82, 2.24) is 20.9 Å². The molecule has 0 bridgehead atoms. The van der Waals surface area contributed by atoms with E-state index in [-0.39, 0.29) is 41.4 Å². The van der Waals surface area contributed by atoms with Crippen LogP contribution in [0.3, 0.4) is 0 Å². The van der Waals surface area contributed by atoms with Crippen LogP contribution in [0.2, 0.25) is 0 Å². The van der Waals surface area contributed by atoms with Gasteiger partial charge in [0.15, 0.2) is 0 Å². The van der Waals surface area contributed by atoms with Crippen LogP contribution in [-0.4, -0.2) is 91.8 Å². The van der Waals surface area contributed by atoms with Gasteiger partial charge in [-0.25, -0.2) is 4.79 Å². The Hall–Kier alpha value is -1.63. The van der Waals surface area contributed by atoms with Gasteiger partial charge < -0.3 is 25.4 Å². The predicted molar refractivity (Wildman–Crippen MR) is 124 cm³/mol. The number of carbonyl (C=O) groups excluding carboxylic acids is 4. The lowest BCUT2D eigenvalue weighted by molar-refractivity contribution is -0.137. The van der Waals surface area contributed by atoms with Crippen molar-refractivity contribution in [3.05, 3.63) is 10.6 Å². The number of urea groups is 1. The second kappa shape index (κ2) is 14.5. The highest BCUT2D eigenvalue weighted by Crippen LogP contribution is 2.20. The molecule has 3 aliphatic heterocycles. The third kappa shape index (κ3) is 9.08. The number of amides is 5. The molecule has 10 nitrogen and oxygen atoms in total. The van der Waals surface area contributed by atoms with E-state index in [4.69, 9.17) is 9.47 Å². The van der Waals surface area contributed by atoms with E-state index in [2.05, 4.69) is 31.9 Å². The number of halogens is 1. The van der Waals surface area contributed by atoms with Crippen molar-refractivity contribution in [3.8, 4) is 0 Å². The molecule has 2 saturated heterocycles. The normalized spacial score (nSPS) is 21.5. The van der Waals surface area contributed by atoms with E-state index >= 15 is 0 Å². The molecule has 3 heterocycles. The maximum absolute atomic E-state index is 11.5. The van der Waals surface area contributed by atoms with Crippen molar-refractivity contribution in [1.29, 1.82) is 0 Å². The van der Waals surface area contributed by atoms with Gasteiger partial charge in [0.1, 0.15) is 0 Å². The highest BCUT2D eigenvalue weighted by atomic mass is 79.9. The summed E-state index contributed by atoms with van der Waals surface area (Å²) in [5.74, 6) is 1.52. The molecule has 0 aromatic carbocycles. The molecule has 3 aliphatic rings. The standard InChI is InChI=1S/C15H23BrN2O5.C5H8N2OS/c1-2-3-4-13(19)17-5-7-22-9-10-23-8-6-18-14(20)11-12(16)15(18)21;8-5-6-3-1-9-2-4(3)7-5/h11H,2-10H2,1H3,(H,17,19);3-4H,1-2H2,(H2,6,7,8)/t;3-,4+. The number of hydrogen-bond donors (Lipinski definition) is 3. The zero-order valence-corrected chi connectivity index (χ0v) is 20.6. The van der Waals surface area contributed by atoms with Gasteiger partial charge in [0.25, 0.3) is 11.8 Å². The zero-order valence-electron chi connectivity index (χ0n) is 18.2. The summed E-state index contributed by atoms with van der Waals surface area (Å²) >= 11 is 4.92. The third-order valence-corrected chi connectivity index (χ3v) is 6.59. The van der Waals surface area contributed by atoms with Crippen LogP contribution in [0.4, 0.5) is 4.79 Å². The van der Waals surface area contributed by atoms with Crippen LogP contribution >= 0.6 is 27.7 Å². The topological polar surface area (TPSA) is 126 Å².